The van der Waals surface area contributed by atoms with Gasteiger partial charge >= 0.3 is 5.97 Å². The number of fused-ring (bicyclic) bond motifs is 1. The summed E-state index contributed by atoms with van der Waals surface area (Å²) >= 11 is 1.39. The second-order valence-electron chi connectivity index (χ2n) is 6.42. The van der Waals surface area contributed by atoms with Crippen molar-refractivity contribution in [3.8, 4) is 0 Å². The van der Waals surface area contributed by atoms with E-state index in [2.05, 4.69) is 4.99 Å². The van der Waals surface area contributed by atoms with Gasteiger partial charge in [-0.3, -0.25) is 4.79 Å². The molecule has 7 heteroatoms. The molecule has 0 atom stereocenters. The summed E-state index contributed by atoms with van der Waals surface area (Å²) in [6, 6.07) is 15.3. The molecule has 1 amide bonds. The molecule has 0 bridgehead atoms. The maximum atomic E-state index is 12.5. The number of hydrogen-bond donors (Lipinski definition) is 0. The summed E-state index contributed by atoms with van der Waals surface area (Å²) in [5.41, 5.74) is 2.51. The first-order valence-electron chi connectivity index (χ1n) is 9.53. The summed E-state index contributed by atoms with van der Waals surface area (Å²) in [5, 5.41) is 0. The minimum atomic E-state index is -0.358. The van der Waals surface area contributed by atoms with Gasteiger partial charge in [-0.15, -0.1) is 0 Å². The Morgan fingerprint density at radius 2 is 1.93 bits per heavy atom. The third-order valence-electron chi connectivity index (χ3n) is 4.40. The third-order valence-corrected chi connectivity index (χ3v) is 5.44. The van der Waals surface area contributed by atoms with Crippen LogP contribution in [0, 0.1) is 0 Å². The van der Waals surface area contributed by atoms with Crippen LogP contribution in [0.25, 0.3) is 10.2 Å². The highest BCUT2D eigenvalue weighted by Crippen LogP contribution is 2.20. The maximum absolute atomic E-state index is 12.5. The Labute approximate surface area is 173 Å². The predicted octanol–water partition coefficient (Wildman–Crippen LogP) is 3.59. The molecule has 0 N–H and O–H groups in total. The molecule has 0 fully saturated rings. The number of carbonyl (C=O) groups excluding carboxylic acids is 2. The smallest absolute Gasteiger partial charge is 0.338 e. The van der Waals surface area contributed by atoms with Crippen LogP contribution in [-0.2, 0) is 27.2 Å². The molecule has 6 nitrogen and oxygen atoms in total. The number of carbonyl (C=O) groups is 2. The van der Waals surface area contributed by atoms with Gasteiger partial charge in [0.1, 0.15) is 0 Å². The summed E-state index contributed by atoms with van der Waals surface area (Å²) in [7, 11) is 1.63. The number of methoxy groups -OCH3 is 1. The van der Waals surface area contributed by atoms with Crippen LogP contribution >= 0.6 is 11.3 Å². The average molecular weight is 413 g/mol. The van der Waals surface area contributed by atoms with Gasteiger partial charge in [-0.25, -0.2) is 4.79 Å². The molecule has 1 aromatic heterocycles. The van der Waals surface area contributed by atoms with E-state index in [-0.39, 0.29) is 11.9 Å². The molecule has 0 radical (unpaired) electrons. The van der Waals surface area contributed by atoms with E-state index in [1.54, 1.807) is 26.2 Å². The topological polar surface area (TPSA) is 69.9 Å². The van der Waals surface area contributed by atoms with Gasteiger partial charge in [0, 0.05) is 20.1 Å². The lowest BCUT2D eigenvalue weighted by Gasteiger charge is -2.05. The normalized spacial score (nSPS) is 11.7. The number of aromatic nitrogens is 1. The van der Waals surface area contributed by atoms with E-state index in [9.17, 15) is 9.59 Å². The van der Waals surface area contributed by atoms with Crippen molar-refractivity contribution in [2.45, 2.75) is 26.3 Å². The van der Waals surface area contributed by atoms with E-state index in [0.717, 1.165) is 15.8 Å². The summed E-state index contributed by atoms with van der Waals surface area (Å²) in [5.74, 6) is -0.527. The lowest BCUT2D eigenvalue weighted by molar-refractivity contribution is -0.118. The first-order valence-corrected chi connectivity index (χ1v) is 10.3. The minimum Gasteiger partial charge on any atom is -0.462 e. The average Bonchev–Trinajstić information content (AvgIpc) is 3.07. The number of thiazole rings is 1. The van der Waals surface area contributed by atoms with Crippen LogP contribution < -0.4 is 4.80 Å². The van der Waals surface area contributed by atoms with Gasteiger partial charge < -0.3 is 14.0 Å². The zero-order chi connectivity index (χ0) is 20.6. The first kappa shape index (κ1) is 21.0. The van der Waals surface area contributed by atoms with Crippen LogP contribution in [0.1, 0.15) is 29.3 Å². The van der Waals surface area contributed by atoms with E-state index in [0.29, 0.717) is 43.0 Å². The second kappa shape index (κ2) is 10.1. The summed E-state index contributed by atoms with van der Waals surface area (Å²) in [6.07, 6.45) is 0.996. The van der Waals surface area contributed by atoms with Crippen LogP contribution in [0.2, 0.25) is 0 Å². The number of hydrogen-bond acceptors (Lipinski definition) is 5. The standard InChI is InChI=1S/C22H24N2O4S/c1-3-28-21(26)17-10-11-18-19(15-17)29-22(24(18)13-14-27-2)23-20(25)12-9-16-7-5-4-6-8-16/h4-8,10-11,15H,3,9,12-14H2,1-2H3. The van der Waals surface area contributed by atoms with E-state index >= 15 is 0 Å². The molecule has 0 aliphatic carbocycles. The lowest BCUT2D eigenvalue weighted by atomic mass is 10.1. The molecular formula is C22H24N2O4S. The van der Waals surface area contributed by atoms with Crippen LogP contribution in [-0.4, -0.2) is 36.8 Å². The molecule has 1 heterocycles. The molecule has 2 aromatic carbocycles. The predicted molar refractivity (Wildman–Crippen MR) is 113 cm³/mol. The molecule has 0 saturated heterocycles. The van der Waals surface area contributed by atoms with Crippen LogP contribution in [0.4, 0.5) is 0 Å². The number of amides is 1. The number of benzene rings is 2. The van der Waals surface area contributed by atoms with Gasteiger partial charge in [-0.05, 0) is 37.1 Å². The second-order valence-corrected chi connectivity index (χ2v) is 7.43. The highest BCUT2D eigenvalue weighted by atomic mass is 32.1. The summed E-state index contributed by atoms with van der Waals surface area (Å²) in [6.45, 7) is 3.17. The zero-order valence-corrected chi connectivity index (χ0v) is 17.4. The Kier molecular flexibility index (Phi) is 7.32. The fourth-order valence-corrected chi connectivity index (χ4v) is 4.07. The van der Waals surface area contributed by atoms with Crippen LogP contribution in [0.3, 0.4) is 0 Å². The molecule has 0 aliphatic heterocycles. The molecule has 3 aromatic rings. The van der Waals surface area contributed by atoms with E-state index < -0.39 is 0 Å². The van der Waals surface area contributed by atoms with Crippen molar-refractivity contribution in [1.82, 2.24) is 4.57 Å². The first-order chi connectivity index (χ1) is 14.1. The van der Waals surface area contributed by atoms with Gasteiger partial charge in [0.15, 0.2) is 4.80 Å². The van der Waals surface area contributed by atoms with Crippen molar-refractivity contribution >= 4 is 33.4 Å². The molecular weight excluding hydrogens is 388 g/mol. The number of esters is 1. The number of ether oxygens (including phenoxy) is 2. The van der Waals surface area contributed by atoms with Gasteiger partial charge in [0.05, 0.1) is 29.0 Å². The molecule has 0 aliphatic rings. The zero-order valence-electron chi connectivity index (χ0n) is 16.6. The Bertz CT molecular complexity index is 1050. The fraction of sp³-hybridized carbons (Fsp3) is 0.318. The Hall–Kier alpha value is -2.77. The summed E-state index contributed by atoms with van der Waals surface area (Å²) in [4.78, 5) is 29.5. The van der Waals surface area contributed by atoms with E-state index in [1.807, 2.05) is 41.0 Å². The Balaban J connectivity index is 1.90. The van der Waals surface area contributed by atoms with Gasteiger partial charge in [0.25, 0.3) is 0 Å². The Morgan fingerprint density at radius 3 is 2.66 bits per heavy atom. The van der Waals surface area contributed by atoms with Crippen LogP contribution in [0.5, 0.6) is 0 Å². The van der Waals surface area contributed by atoms with Crippen molar-refractivity contribution in [1.29, 1.82) is 0 Å². The SMILES string of the molecule is CCOC(=O)c1ccc2c(c1)sc(=NC(=O)CCc1ccccc1)n2CCOC. The van der Waals surface area contributed by atoms with Crippen molar-refractivity contribution in [3.63, 3.8) is 0 Å². The molecule has 0 spiro atoms. The Morgan fingerprint density at radius 1 is 1.14 bits per heavy atom. The molecule has 0 unspecified atom stereocenters. The van der Waals surface area contributed by atoms with Gasteiger partial charge in [-0.2, -0.15) is 4.99 Å². The fourth-order valence-electron chi connectivity index (χ4n) is 2.96. The molecule has 3 rings (SSSR count). The summed E-state index contributed by atoms with van der Waals surface area (Å²) < 4.78 is 13.1. The quantitative estimate of drug-likeness (QED) is 0.530. The van der Waals surface area contributed by atoms with E-state index in [4.69, 9.17) is 9.47 Å². The van der Waals surface area contributed by atoms with Crippen molar-refractivity contribution in [3.05, 3.63) is 64.5 Å². The van der Waals surface area contributed by atoms with Crippen molar-refractivity contribution in [2.24, 2.45) is 4.99 Å². The number of rotatable bonds is 8. The number of nitrogens with zero attached hydrogens (tertiary/aromatic N) is 2. The molecule has 152 valence electrons. The monoisotopic (exact) mass is 412 g/mol. The van der Waals surface area contributed by atoms with E-state index in [1.165, 1.54) is 11.3 Å². The number of aryl methyl sites for hydroxylation is 1. The highest BCUT2D eigenvalue weighted by molar-refractivity contribution is 7.16. The lowest BCUT2D eigenvalue weighted by Crippen LogP contribution is -2.19. The largest absolute Gasteiger partial charge is 0.462 e. The highest BCUT2D eigenvalue weighted by Gasteiger charge is 2.12. The van der Waals surface area contributed by atoms with Crippen LogP contribution in [0.15, 0.2) is 53.5 Å². The van der Waals surface area contributed by atoms with Gasteiger partial charge in [0.2, 0.25) is 5.91 Å². The third kappa shape index (κ3) is 5.40. The van der Waals surface area contributed by atoms with Crippen molar-refractivity contribution in [2.75, 3.05) is 20.3 Å². The molecule has 29 heavy (non-hydrogen) atoms. The van der Waals surface area contributed by atoms with Crippen molar-refractivity contribution < 1.29 is 19.1 Å². The van der Waals surface area contributed by atoms with Gasteiger partial charge in [-0.1, -0.05) is 41.7 Å². The maximum Gasteiger partial charge on any atom is 0.338 e. The minimum absolute atomic E-state index is 0.169. The molecule has 0 saturated carbocycles.